The molecule has 4 rings (SSSR count). The van der Waals surface area contributed by atoms with Gasteiger partial charge in [-0.2, -0.15) is 5.10 Å². The standard InChI is InChI=1S/C23H36N4O3/c1-23(2)14-18-20(19(28)15-23)21(25-27(18)12-13-30-3)17-10-7-11-26(17)22(29)24-16-8-5-4-6-9-16/h16-17H,4-15H2,1-3H3,(H,24,29)/t17-/m1/s1. The Hall–Kier alpha value is -1.89. The Balaban J connectivity index is 1.61. The first-order chi connectivity index (χ1) is 14.4. The van der Waals surface area contributed by atoms with Crippen LogP contribution >= 0.6 is 0 Å². The molecule has 3 aliphatic rings. The number of carbonyl (C=O) groups excluding carboxylic acids is 2. The van der Waals surface area contributed by atoms with Crippen LogP contribution in [0.2, 0.25) is 0 Å². The lowest BCUT2D eigenvalue weighted by atomic mass is 9.75. The molecule has 1 aromatic rings. The summed E-state index contributed by atoms with van der Waals surface area (Å²) in [5.41, 5.74) is 2.52. The fourth-order valence-corrected chi connectivity index (χ4v) is 5.43. The van der Waals surface area contributed by atoms with E-state index in [9.17, 15) is 9.59 Å². The number of nitrogens with zero attached hydrogens (tertiary/aromatic N) is 3. The highest BCUT2D eigenvalue weighted by Gasteiger charge is 2.41. The zero-order chi connectivity index (χ0) is 21.3. The molecular weight excluding hydrogens is 380 g/mol. The number of methoxy groups -OCH3 is 1. The molecule has 0 bridgehead atoms. The minimum absolute atomic E-state index is 0.00757. The summed E-state index contributed by atoms with van der Waals surface area (Å²) >= 11 is 0. The third-order valence-corrected chi connectivity index (χ3v) is 6.92. The number of rotatable bonds is 5. The van der Waals surface area contributed by atoms with E-state index in [1.165, 1.54) is 19.3 Å². The highest BCUT2D eigenvalue weighted by Crippen LogP contribution is 2.41. The number of ketones is 1. The van der Waals surface area contributed by atoms with Crippen LogP contribution in [0.1, 0.15) is 93.0 Å². The smallest absolute Gasteiger partial charge is 0.318 e. The van der Waals surface area contributed by atoms with Crippen molar-refractivity contribution in [1.82, 2.24) is 20.0 Å². The van der Waals surface area contributed by atoms with E-state index >= 15 is 0 Å². The number of fused-ring (bicyclic) bond motifs is 1. The molecule has 1 saturated carbocycles. The van der Waals surface area contributed by atoms with Crippen molar-refractivity contribution < 1.29 is 14.3 Å². The van der Waals surface area contributed by atoms with Gasteiger partial charge >= 0.3 is 6.03 Å². The number of hydrogen-bond acceptors (Lipinski definition) is 4. The Labute approximate surface area is 179 Å². The molecule has 1 aromatic heterocycles. The SMILES string of the molecule is COCCn1nc([C@H]2CCCN2C(=O)NC2CCCCC2)c2c1CC(C)(C)CC2=O. The Kier molecular flexibility index (Phi) is 6.19. The summed E-state index contributed by atoms with van der Waals surface area (Å²) in [6.07, 6.45) is 8.95. The molecule has 2 fully saturated rings. The van der Waals surface area contributed by atoms with Crippen molar-refractivity contribution in [3.8, 4) is 0 Å². The van der Waals surface area contributed by atoms with Crippen LogP contribution < -0.4 is 5.32 Å². The molecule has 7 nitrogen and oxygen atoms in total. The lowest BCUT2D eigenvalue weighted by Gasteiger charge is -2.31. The predicted octanol–water partition coefficient (Wildman–Crippen LogP) is 3.86. The van der Waals surface area contributed by atoms with Crippen LogP contribution in [-0.4, -0.2) is 52.8 Å². The molecule has 2 amide bonds. The monoisotopic (exact) mass is 416 g/mol. The van der Waals surface area contributed by atoms with Gasteiger partial charge in [0.1, 0.15) is 0 Å². The van der Waals surface area contributed by atoms with Crippen molar-refractivity contribution in [2.75, 3.05) is 20.3 Å². The maximum atomic E-state index is 13.2. The van der Waals surface area contributed by atoms with Crippen LogP contribution in [0.15, 0.2) is 0 Å². The average molecular weight is 417 g/mol. The van der Waals surface area contributed by atoms with Gasteiger partial charge in [0.25, 0.3) is 0 Å². The number of likely N-dealkylation sites (tertiary alicyclic amines) is 1. The number of Topliss-reactive ketones (excluding diaryl/α,β-unsaturated/α-hetero) is 1. The van der Waals surface area contributed by atoms with Crippen molar-refractivity contribution in [2.45, 2.75) is 90.3 Å². The van der Waals surface area contributed by atoms with Gasteiger partial charge in [0, 0.05) is 26.1 Å². The van der Waals surface area contributed by atoms with E-state index in [0.29, 0.717) is 19.6 Å². The van der Waals surface area contributed by atoms with E-state index in [2.05, 4.69) is 19.2 Å². The van der Waals surface area contributed by atoms with E-state index in [0.717, 1.165) is 55.6 Å². The molecule has 1 N–H and O–H groups in total. The molecule has 1 atom stereocenters. The number of hydrogen-bond donors (Lipinski definition) is 1. The fraction of sp³-hybridized carbons (Fsp3) is 0.783. The molecule has 0 aromatic carbocycles. The maximum absolute atomic E-state index is 13.2. The van der Waals surface area contributed by atoms with Crippen molar-refractivity contribution in [3.05, 3.63) is 17.0 Å². The van der Waals surface area contributed by atoms with Gasteiger partial charge in [-0.05, 0) is 37.5 Å². The molecule has 2 aliphatic carbocycles. The van der Waals surface area contributed by atoms with Crippen LogP contribution in [0.3, 0.4) is 0 Å². The molecule has 0 unspecified atom stereocenters. The van der Waals surface area contributed by atoms with Gasteiger partial charge in [0.2, 0.25) is 0 Å². The van der Waals surface area contributed by atoms with Crippen LogP contribution in [-0.2, 0) is 17.7 Å². The Morgan fingerprint density at radius 3 is 2.67 bits per heavy atom. The normalized spacial score (nSPS) is 24.2. The molecule has 0 radical (unpaired) electrons. The number of amides is 2. The first kappa shape index (κ1) is 21.3. The lowest BCUT2D eigenvalue weighted by molar-refractivity contribution is 0.0905. The van der Waals surface area contributed by atoms with Gasteiger partial charge < -0.3 is 15.0 Å². The molecule has 0 spiro atoms. The van der Waals surface area contributed by atoms with Gasteiger partial charge in [0.05, 0.1) is 36.1 Å². The second-order valence-electron chi connectivity index (χ2n) is 10.00. The van der Waals surface area contributed by atoms with E-state index < -0.39 is 0 Å². The molecular formula is C23H36N4O3. The summed E-state index contributed by atoms with van der Waals surface area (Å²) in [4.78, 5) is 28.2. The molecule has 30 heavy (non-hydrogen) atoms. The zero-order valence-electron chi connectivity index (χ0n) is 18.7. The summed E-state index contributed by atoms with van der Waals surface area (Å²) < 4.78 is 7.23. The number of nitrogens with one attached hydrogen (secondary N) is 1. The first-order valence-corrected chi connectivity index (χ1v) is 11.6. The summed E-state index contributed by atoms with van der Waals surface area (Å²) in [5, 5.41) is 8.15. The van der Waals surface area contributed by atoms with Crippen molar-refractivity contribution in [1.29, 1.82) is 0 Å². The summed E-state index contributed by atoms with van der Waals surface area (Å²) in [6.45, 7) is 6.19. The topological polar surface area (TPSA) is 76.5 Å². The van der Waals surface area contributed by atoms with E-state index in [1.807, 2.05) is 9.58 Å². The zero-order valence-corrected chi connectivity index (χ0v) is 18.7. The maximum Gasteiger partial charge on any atom is 0.318 e. The highest BCUT2D eigenvalue weighted by atomic mass is 16.5. The Morgan fingerprint density at radius 2 is 1.93 bits per heavy atom. The second kappa shape index (κ2) is 8.69. The van der Waals surface area contributed by atoms with E-state index in [4.69, 9.17) is 9.84 Å². The van der Waals surface area contributed by atoms with Gasteiger partial charge in [-0.1, -0.05) is 33.1 Å². The number of aromatic nitrogens is 2. The van der Waals surface area contributed by atoms with Crippen LogP contribution in [0.5, 0.6) is 0 Å². The third kappa shape index (κ3) is 4.27. The van der Waals surface area contributed by atoms with Gasteiger partial charge in [-0.25, -0.2) is 4.79 Å². The predicted molar refractivity (Wildman–Crippen MR) is 115 cm³/mol. The molecule has 166 valence electrons. The number of carbonyl (C=O) groups is 2. The van der Waals surface area contributed by atoms with Crippen LogP contribution in [0.4, 0.5) is 4.79 Å². The van der Waals surface area contributed by atoms with Crippen molar-refractivity contribution in [3.63, 3.8) is 0 Å². The van der Waals surface area contributed by atoms with Crippen LogP contribution in [0.25, 0.3) is 0 Å². The van der Waals surface area contributed by atoms with Crippen molar-refractivity contribution in [2.24, 2.45) is 5.41 Å². The Morgan fingerprint density at radius 1 is 1.17 bits per heavy atom. The quantitative estimate of drug-likeness (QED) is 0.791. The minimum atomic E-state index is -0.115. The third-order valence-electron chi connectivity index (χ3n) is 6.92. The second-order valence-corrected chi connectivity index (χ2v) is 10.00. The van der Waals surface area contributed by atoms with Gasteiger partial charge in [-0.3, -0.25) is 9.48 Å². The van der Waals surface area contributed by atoms with Crippen molar-refractivity contribution >= 4 is 11.8 Å². The number of urea groups is 1. The summed E-state index contributed by atoms with van der Waals surface area (Å²) in [6, 6.07) is 0.174. The lowest BCUT2D eigenvalue weighted by Crippen LogP contribution is -2.45. The molecule has 2 heterocycles. The van der Waals surface area contributed by atoms with Crippen LogP contribution in [0, 0.1) is 5.41 Å². The van der Waals surface area contributed by atoms with Gasteiger partial charge in [0.15, 0.2) is 5.78 Å². The molecule has 7 heteroatoms. The number of ether oxygens (including phenoxy) is 1. The van der Waals surface area contributed by atoms with E-state index in [1.54, 1.807) is 7.11 Å². The Bertz CT molecular complexity index is 795. The summed E-state index contributed by atoms with van der Waals surface area (Å²) in [5.74, 6) is 0.166. The fourth-order valence-electron chi connectivity index (χ4n) is 5.43. The first-order valence-electron chi connectivity index (χ1n) is 11.6. The average Bonchev–Trinajstić information content (AvgIpc) is 3.31. The molecule has 1 saturated heterocycles. The highest BCUT2D eigenvalue weighted by molar-refractivity contribution is 6.00. The molecule has 1 aliphatic heterocycles. The van der Waals surface area contributed by atoms with Gasteiger partial charge in [-0.15, -0.1) is 0 Å². The summed E-state index contributed by atoms with van der Waals surface area (Å²) in [7, 11) is 1.68. The van der Waals surface area contributed by atoms with E-state index in [-0.39, 0.29) is 29.3 Å². The largest absolute Gasteiger partial charge is 0.383 e. The minimum Gasteiger partial charge on any atom is -0.383 e.